The summed E-state index contributed by atoms with van der Waals surface area (Å²) in [6.45, 7) is 11.4. The molecule has 2 saturated heterocycles. The molecule has 4 rings (SSSR count). The molecule has 0 bridgehead atoms. The van der Waals surface area contributed by atoms with Gasteiger partial charge in [-0.25, -0.2) is 10.4 Å². The van der Waals surface area contributed by atoms with Gasteiger partial charge in [-0.3, -0.25) is 24.0 Å². The maximum atomic E-state index is 14.1. The number of amides is 4. The predicted octanol–water partition coefficient (Wildman–Crippen LogP) is 2.89. The van der Waals surface area contributed by atoms with Crippen LogP contribution in [0.25, 0.3) is 6.08 Å². The van der Waals surface area contributed by atoms with E-state index in [1.165, 1.54) is 0 Å². The average molecular weight is 749 g/mol. The fourth-order valence-corrected chi connectivity index (χ4v) is 6.90. The summed E-state index contributed by atoms with van der Waals surface area (Å²) in [6, 6.07) is 14.8. The molecule has 2 aromatic carbocycles. The first kappa shape index (κ1) is 41.7. The Hall–Kier alpha value is -4.04. The van der Waals surface area contributed by atoms with E-state index in [2.05, 4.69) is 26.7 Å². The summed E-state index contributed by atoms with van der Waals surface area (Å²) < 4.78 is 5.41. The molecule has 5 atom stereocenters. The Morgan fingerprint density at radius 3 is 1.92 bits per heavy atom. The second kappa shape index (κ2) is 20.4. The highest BCUT2D eigenvalue weighted by molar-refractivity contribution is 7.99. The standard InChI is InChI=1S/C40H56N6O6S/c1-27(2)22-32(36(48)40(5)26-52-40)43-39(51)34(24-30-14-10-7-11-15-30)45-38(50)33(23-28(3)4)44-37(49)31(17-16-29-12-8-6-9-13-29)42-35(47)25-41-46-18-20-53-21-19-46/h6-17,27-28,31-34,41H,18-26H2,1-5H3,(H,42,47)(H,43,51)(H,44,49)(H,45,50)/b17-16+/t31-,32-,33-,34-,40+/m0/s1. The van der Waals surface area contributed by atoms with Gasteiger partial charge >= 0.3 is 0 Å². The van der Waals surface area contributed by atoms with Crippen LogP contribution in [0.1, 0.15) is 58.6 Å². The molecule has 288 valence electrons. The van der Waals surface area contributed by atoms with Crippen molar-refractivity contribution in [2.45, 2.75) is 83.6 Å². The van der Waals surface area contributed by atoms with Crippen LogP contribution in [0.2, 0.25) is 0 Å². The third-order valence-electron chi connectivity index (χ3n) is 9.05. The molecule has 5 N–H and O–H groups in total. The molecule has 4 amide bonds. The maximum absolute atomic E-state index is 14.1. The summed E-state index contributed by atoms with van der Waals surface area (Å²) in [6.07, 6.45) is 4.21. The van der Waals surface area contributed by atoms with Crippen LogP contribution in [-0.4, -0.2) is 102 Å². The number of epoxide rings is 1. The van der Waals surface area contributed by atoms with E-state index in [-0.39, 0.29) is 42.9 Å². The van der Waals surface area contributed by atoms with Crippen molar-refractivity contribution in [2.24, 2.45) is 11.8 Å². The SMILES string of the molecule is CC(C)C[C@H](NC(=O)[C@H](/C=C/c1ccccc1)NC(=O)CNN1CCSCC1)C(=O)N[C@@H](Cc1ccccc1)C(=O)N[C@@H](CC(C)C)C(=O)[C@@]1(C)CO1. The van der Waals surface area contributed by atoms with Gasteiger partial charge in [0.2, 0.25) is 23.6 Å². The quantitative estimate of drug-likeness (QED) is 0.128. The highest BCUT2D eigenvalue weighted by Crippen LogP contribution is 2.29. The number of ketones is 1. The van der Waals surface area contributed by atoms with Gasteiger partial charge in [-0.2, -0.15) is 11.8 Å². The molecule has 0 spiro atoms. The molecule has 0 saturated carbocycles. The number of thioether (sulfide) groups is 1. The molecule has 2 aliphatic rings. The number of hydrogen-bond acceptors (Lipinski definition) is 9. The molecule has 0 radical (unpaired) electrons. The molecular formula is C40H56N6O6S. The summed E-state index contributed by atoms with van der Waals surface area (Å²) >= 11 is 1.86. The van der Waals surface area contributed by atoms with Crippen molar-refractivity contribution in [1.82, 2.24) is 31.7 Å². The van der Waals surface area contributed by atoms with Gasteiger partial charge in [-0.1, -0.05) is 101 Å². The number of hydrogen-bond donors (Lipinski definition) is 5. The summed E-state index contributed by atoms with van der Waals surface area (Å²) in [4.78, 5) is 68.4. The van der Waals surface area contributed by atoms with Gasteiger partial charge < -0.3 is 26.0 Å². The van der Waals surface area contributed by atoms with Crippen molar-refractivity contribution >= 4 is 47.2 Å². The molecule has 13 heteroatoms. The van der Waals surface area contributed by atoms with Crippen molar-refractivity contribution in [3.05, 3.63) is 77.9 Å². The number of ether oxygens (including phenoxy) is 1. The van der Waals surface area contributed by atoms with Gasteiger partial charge in [0.05, 0.1) is 19.2 Å². The van der Waals surface area contributed by atoms with Crippen molar-refractivity contribution in [3.63, 3.8) is 0 Å². The lowest BCUT2D eigenvalue weighted by Crippen LogP contribution is -2.59. The van der Waals surface area contributed by atoms with E-state index in [1.807, 2.05) is 105 Å². The summed E-state index contributed by atoms with van der Waals surface area (Å²) in [5.41, 5.74) is 3.86. The number of rotatable bonds is 20. The highest BCUT2D eigenvalue weighted by atomic mass is 32.2. The zero-order chi connectivity index (χ0) is 38.4. The molecule has 2 fully saturated rings. The number of benzene rings is 2. The number of Topliss-reactive ketones (excluding diaryl/α,β-unsaturated/α-hetero) is 1. The van der Waals surface area contributed by atoms with Crippen LogP contribution in [0, 0.1) is 11.8 Å². The molecule has 2 heterocycles. The second-order valence-electron chi connectivity index (χ2n) is 14.8. The minimum atomic E-state index is -1.08. The van der Waals surface area contributed by atoms with Crippen molar-refractivity contribution in [2.75, 3.05) is 37.7 Å². The zero-order valence-corrected chi connectivity index (χ0v) is 32.4. The summed E-state index contributed by atoms with van der Waals surface area (Å²) in [5.74, 6) is -0.134. The number of carbonyl (C=O) groups excluding carboxylic acids is 5. The molecular weight excluding hydrogens is 693 g/mol. The number of hydrazine groups is 1. The van der Waals surface area contributed by atoms with Crippen molar-refractivity contribution in [1.29, 1.82) is 0 Å². The van der Waals surface area contributed by atoms with E-state index in [1.54, 1.807) is 19.1 Å². The largest absolute Gasteiger partial charge is 0.361 e. The van der Waals surface area contributed by atoms with E-state index in [0.29, 0.717) is 13.0 Å². The molecule has 0 aliphatic carbocycles. The average Bonchev–Trinajstić information content (AvgIpc) is 3.90. The first-order valence-corrected chi connectivity index (χ1v) is 19.7. The van der Waals surface area contributed by atoms with E-state index >= 15 is 0 Å². The van der Waals surface area contributed by atoms with Crippen LogP contribution in [-0.2, 0) is 35.1 Å². The van der Waals surface area contributed by atoms with Crippen LogP contribution in [0.4, 0.5) is 0 Å². The van der Waals surface area contributed by atoms with Gasteiger partial charge in [0.15, 0.2) is 5.78 Å². The first-order valence-electron chi connectivity index (χ1n) is 18.5. The third-order valence-corrected chi connectivity index (χ3v) is 9.99. The fraction of sp³-hybridized carbons (Fsp3) is 0.525. The Morgan fingerprint density at radius 2 is 1.32 bits per heavy atom. The Balaban J connectivity index is 1.52. The molecule has 12 nitrogen and oxygen atoms in total. The highest BCUT2D eigenvalue weighted by Gasteiger charge is 2.50. The van der Waals surface area contributed by atoms with Gasteiger partial charge in [-0.05, 0) is 42.7 Å². The molecule has 0 unspecified atom stereocenters. The smallest absolute Gasteiger partial charge is 0.247 e. The first-order chi connectivity index (χ1) is 25.3. The normalized spacial score (nSPS) is 19.6. The minimum Gasteiger partial charge on any atom is -0.361 e. The van der Waals surface area contributed by atoms with Crippen LogP contribution in [0.3, 0.4) is 0 Å². The van der Waals surface area contributed by atoms with E-state index in [4.69, 9.17) is 4.74 Å². The van der Waals surface area contributed by atoms with Gasteiger partial charge in [-0.15, -0.1) is 0 Å². The Kier molecular flexibility index (Phi) is 16.1. The summed E-state index contributed by atoms with van der Waals surface area (Å²) in [7, 11) is 0. The molecule has 2 aromatic rings. The zero-order valence-electron chi connectivity index (χ0n) is 31.6. The molecule has 2 aliphatic heterocycles. The number of carbonyl (C=O) groups is 5. The Bertz CT molecular complexity index is 1550. The Morgan fingerprint density at radius 1 is 0.774 bits per heavy atom. The van der Waals surface area contributed by atoms with Crippen LogP contribution in [0.5, 0.6) is 0 Å². The summed E-state index contributed by atoms with van der Waals surface area (Å²) in [5, 5.41) is 13.5. The van der Waals surface area contributed by atoms with Gasteiger partial charge in [0.25, 0.3) is 0 Å². The fourth-order valence-electron chi connectivity index (χ4n) is 5.99. The van der Waals surface area contributed by atoms with Crippen LogP contribution >= 0.6 is 11.8 Å². The topological polar surface area (TPSA) is 161 Å². The maximum Gasteiger partial charge on any atom is 0.247 e. The van der Waals surface area contributed by atoms with Crippen molar-refractivity contribution in [3.8, 4) is 0 Å². The number of nitrogens with one attached hydrogen (secondary N) is 5. The minimum absolute atomic E-state index is 0.000382. The monoisotopic (exact) mass is 748 g/mol. The van der Waals surface area contributed by atoms with Crippen molar-refractivity contribution < 1.29 is 28.7 Å². The van der Waals surface area contributed by atoms with Crippen LogP contribution in [0.15, 0.2) is 66.7 Å². The Labute approximate surface area is 318 Å². The van der Waals surface area contributed by atoms with Crippen LogP contribution < -0.4 is 26.7 Å². The lowest BCUT2D eigenvalue weighted by Gasteiger charge is -2.28. The lowest BCUT2D eigenvalue weighted by molar-refractivity contribution is -0.135. The molecule has 53 heavy (non-hydrogen) atoms. The van der Waals surface area contributed by atoms with Gasteiger partial charge in [0, 0.05) is 31.0 Å². The lowest BCUT2D eigenvalue weighted by atomic mass is 9.93. The molecule has 0 aromatic heterocycles. The van der Waals surface area contributed by atoms with Gasteiger partial charge in [0.1, 0.15) is 23.7 Å². The van der Waals surface area contributed by atoms with E-state index in [9.17, 15) is 24.0 Å². The second-order valence-corrected chi connectivity index (χ2v) is 16.0. The predicted molar refractivity (Wildman–Crippen MR) is 209 cm³/mol. The third kappa shape index (κ3) is 14.0. The van der Waals surface area contributed by atoms with E-state index in [0.717, 1.165) is 35.7 Å². The number of nitrogens with zero attached hydrogens (tertiary/aromatic N) is 1. The van der Waals surface area contributed by atoms with E-state index < -0.39 is 47.5 Å².